The first-order chi connectivity index (χ1) is 18.0. The van der Waals surface area contributed by atoms with Gasteiger partial charge in [-0.15, -0.1) is 0 Å². The van der Waals surface area contributed by atoms with Gasteiger partial charge in [-0.25, -0.2) is 4.98 Å². The van der Waals surface area contributed by atoms with Crippen molar-refractivity contribution >= 4 is 28.2 Å². The highest BCUT2D eigenvalue weighted by atomic mass is 35.5. The Bertz CT molecular complexity index is 1430. The van der Waals surface area contributed by atoms with Gasteiger partial charge in [0.25, 0.3) is 5.56 Å². The molecule has 1 saturated heterocycles. The number of nitrogens with one attached hydrogen (secondary N) is 1. The first kappa shape index (κ1) is 25.3. The summed E-state index contributed by atoms with van der Waals surface area (Å²) >= 11 is 6.55. The molecule has 37 heavy (non-hydrogen) atoms. The molecule has 1 aromatic heterocycles. The lowest BCUT2D eigenvalue weighted by molar-refractivity contribution is 0.211. The number of anilines is 1. The number of piperidine rings is 1. The number of nitrogens with zero attached hydrogens (tertiary/aromatic N) is 3. The molecular weight excluding hydrogens is 484 g/mol. The topological polar surface area (TPSA) is 59.4 Å². The fraction of sp³-hybridized carbons (Fsp3) is 0.333. The van der Waals surface area contributed by atoms with E-state index >= 15 is 0 Å². The molecule has 7 heteroatoms. The lowest BCUT2D eigenvalue weighted by Gasteiger charge is -2.32. The lowest BCUT2D eigenvalue weighted by atomic mass is 10.0. The molecule has 1 fully saturated rings. The van der Waals surface area contributed by atoms with Crippen LogP contribution in [0.2, 0.25) is 5.15 Å². The molecule has 5 rings (SSSR count). The van der Waals surface area contributed by atoms with Crippen molar-refractivity contribution in [3.63, 3.8) is 0 Å². The highest BCUT2D eigenvalue weighted by Gasteiger charge is 2.22. The van der Waals surface area contributed by atoms with Gasteiger partial charge in [0.2, 0.25) is 0 Å². The van der Waals surface area contributed by atoms with Crippen LogP contribution in [0.15, 0.2) is 71.5 Å². The Kier molecular flexibility index (Phi) is 7.77. The van der Waals surface area contributed by atoms with Crippen LogP contribution < -0.4 is 15.6 Å². The van der Waals surface area contributed by atoms with E-state index in [1.807, 2.05) is 31.2 Å². The zero-order valence-electron chi connectivity index (χ0n) is 21.4. The quantitative estimate of drug-likeness (QED) is 0.323. The Morgan fingerprint density at radius 3 is 2.38 bits per heavy atom. The van der Waals surface area contributed by atoms with Crippen LogP contribution in [0.25, 0.3) is 10.8 Å². The minimum absolute atomic E-state index is 0.129. The Labute approximate surface area is 222 Å². The predicted octanol–water partition coefficient (Wildman–Crippen LogP) is 5.75. The second-order valence-electron chi connectivity index (χ2n) is 9.67. The number of benzene rings is 3. The third-order valence-electron chi connectivity index (χ3n) is 7.20. The highest BCUT2D eigenvalue weighted by Crippen LogP contribution is 2.22. The molecule has 0 saturated carbocycles. The van der Waals surface area contributed by atoms with Crippen molar-refractivity contribution < 1.29 is 4.74 Å². The maximum Gasteiger partial charge on any atom is 0.293 e. The molecule has 0 aliphatic carbocycles. The number of hydrogen-bond acceptors (Lipinski definition) is 5. The molecule has 0 unspecified atom stereocenters. The van der Waals surface area contributed by atoms with Crippen LogP contribution in [0.4, 0.5) is 5.82 Å². The number of likely N-dealkylation sites (tertiary alicyclic amines) is 1. The van der Waals surface area contributed by atoms with E-state index in [-0.39, 0.29) is 11.6 Å². The fourth-order valence-corrected chi connectivity index (χ4v) is 5.43. The van der Waals surface area contributed by atoms with Gasteiger partial charge in [-0.2, -0.15) is 0 Å². The standard InChI is InChI=1S/C30H33ClN4O2/c1-3-27-28(31)33-29(30(36)35(27)20-21-9-12-26(37-2)13-10-21)32-25-14-16-34(17-15-25)19-22-8-11-23-6-4-5-7-24(23)18-22/h4-13,18,25H,3,14-17,19-20H2,1-2H3,(H,32,33). The minimum Gasteiger partial charge on any atom is -0.497 e. The van der Waals surface area contributed by atoms with E-state index in [1.165, 1.54) is 16.3 Å². The van der Waals surface area contributed by atoms with Crippen LogP contribution in [-0.4, -0.2) is 40.7 Å². The van der Waals surface area contributed by atoms with Crippen LogP contribution in [0, 0.1) is 0 Å². The van der Waals surface area contributed by atoms with E-state index in [9.17, 15) is 4.79 Å². The number of aromatic nitrogens is 2. The second kappa shape index (κ2) is 11.4. The van der Waals surface area contributed by atoms with Crippen LogP contribution in [0.1, 0.15) is 36.6 Å². The van der Waals surface area contributed by atoms with Gasteiger partial charge in [-0.05, 0) is 59.4 Å². The summed E-state index contributed by atoms with van der Waals surface area (Å²) in [5.41, 5.74) is 2.96. The summed E-state index contributed by atoms with van der Waals surface area (Å²) in [6, 6.07) is 23.1. The van der Waals surface area contributed by atoms with E-state index in [0.29, 0.717) is 23.9 Å². The van der Waals surface area contributed by atoms with Gasteiger partial charge in [0, 0.05) is 25.7 Å². The highest BCUT2D eigenvalue weighted by molar-refractivity contribution is 6.30. The molecule has 6 nitrogen and oxygen atoms in total. The second-order valence-corrected chi connectivity index (χ2v) is 10.0. The van der Waals surface area contributed by atoms with Gasteiger partial charge in [0.15, 0.2) is 11.0 Å². The summed E-state index contributed by atoms with van der Waals surface area (Å²) in [4.78, 5) is 20.4. The van der Waals surface area contributed by atoms with E-state index in [1.54, 1.807) is 11.7 Å². The summed E-state index contributed by atoms with van der Waals surface area (Å²) in [6.45, 7) is 5.29. The van der Waals surface area contributed by atoms with E-state index in [4.69, 9.17) is 16.3 Å². The van der Waals surface area contributed by atoms with Gasteiger partial charge >= 0.3 is 0 Å². The normalized spacial score (nSPS) is 14.7. The molecule has 1 N–H and O–H groups in total. The molecule has 1 aliphatic rings. The predicted molar refractivity (Wildman–Crippen MR) is 151 cm³/mol. The smallest absolute Gasteiger partial charge is 0.293 e. The lowest BCUT2D eigenvalue weighted by Crippen LogP contribution is -2.40. The van der Waals surface area contributed by atoms with Crippen LogP contribution >= 0.6 is 11.6 Å². The first-order valence-corrected chi connectivity index (χ1v) is 13.3. The van der Waals surface area contributed by atoms with Crippen LogP contribution in [-0.2, 0) is 19.5 Å². The van der Waals surface area contributed by atoms with E-state index < -0.39 is 0 Å². The van der Waals surface area contributed by atoms with Crippen molar-refractivity contribution in [3.05, 3.63) is 99.1 Å². The van der Waals surface area contributed by atoms with Crippen molar-refractivity contribution in [2.45, 2.75) is 45.3 Å². The van der Waals surface area contributed by atoms with Crippen LogP contribution in [0.5, 0.6) is 5.75 Å². The zero-order chi connectivity index (χ0) is 25.8. The Morgan fingerprint density at radius 1 is 0.973 bits per heavy atom. The molecule has 0 atom stereocenters. The van der Waals surface area contributed by atoms with Gasteiger partial charge in [-0.3, -0.25) is 9.69 Å². The largest absolute Gasteiger partial charge is 0.497 e. The van der Waals surface area contributed by atoms with Crippen molar-refractivity contribution in [3.8, 4) is 5.75 Å². The molecule has 2 heterocycles. The number of halogens is 1. The maximum atomic E-state index is 13.5. The fourth-order valence-electron chi connectivity index (χ4n) is 5.11. The molecule has 0 amide bonds. The first-order valence-electron chi connectivity index (χ1n) is 12.9. The number of rotatable bonds is 8. The average Bonchev–Trinajstić information content (AvgIpc) is 2.93. The third kappa shape index (κ3) is 5.81. The maximum absolute atomic E-state index is 13.5. The van der Waals surface area contributed by atoms with Gasteiger partial charge in [0.1, 0.15) is 5.75 Å². The van der Waals surface area contributed by atoms with Gasteiger partial charge in [0.05, 0.1) is 19.3 Å². The number of methoxy groups -OCH3 is 1. The number of ether oxygens (including phenoxy) is 1. The molecule has 0 radical (unpaired) electrons. The van der Waals surface area contributed by atoms with Gasteiger partial charge in [-0.1, -0.05) is 67.1 Å². The average molecular weight is 517 g/mol. The van der Waals surface area contributed by atoms with Crippen LogP contribution in [0.3, 0.4) is 0 Å². The summed E-state index contributed by atoms with van der Waals surface area (Å²) in [7, 11) is 1.64. The zero-order valence-corrected chi connectivity index (χ0v) is 22.2. The molecular formula is C30H33ClN4O2. The van der Waals surface area contributed by atoms with E-state index in [2.05, 4.69) is 57.7 Å². The van der Waals surface area contributed by atoms with Crippen molar-refractivity contribution in [1.82, 2.24) is 14.5 Å². The Balaban J connectivity index is 1.25. The Hall–Kier alpha value is -3.35. The Morgan fingerprint density at radius 2 is 1.68 bits per heavy atom. The molecule has 0 spiro atoms. The summed E-state index contributed by atoms with van der Waals surface area (Å²) in [5.74, 6) is 1.12. The third-order valence-corrected chi connectivity index (χ3v) is 7.51. The van der Waals surface area contributed by atoms with Gasteiger partial charge < -0.3 is 14.6 Å². The minimum atomic E-state index is -0.129. The number of fused-ring (bicyclic) bond motifs is 1. The monoisotopic (exact) mass is 516 g/mol. The summed E-state index contributed by atoms with van der Waals surface area (Å²) in [5, 5.41) is 6.35. The van der Waals surface area contributed by atoms with Crippen molar-refractivity contribution in [2.24, 2.45) is 0 Å². The number of hydrogen-bond donors (Lipinski definition) is 1. The van der Waals surface area contributed by atoms with E-state index in [0.717, 1.165) is 49.5 Å². The van der Waals surface area contributed by atoms with Crippen molar-refractivity contribution in [2.75, 3.05) is 25.5 Å². The molecule has 4 aromatic rings. The molecule has 3 aromatic carbocycles. The summed E-state index contributed by atoms with van der Waals surface area (Å²) < 4.78 is 7.00. The SMILES string of the molecule is CCc1c(Cl)nc(NC2CCN(Cc3ccc4ccccc4c3)CC2)c(=O)n1Cc1ccc(OC)cc1. The summed E-state index contributed by atoms with van der Waals surface area (Å²) in [6.07, 6.45) is 2.52. The van der Waals surface area contributed by atoms with Crippen molar-refractivity contribution in [1.29, 1.82) is 0 Å². The molecule has 192 valence electrons. The molecule has 0 bridgehead atoms. The molecule has 1 aliphatic heterocycles.